The molecule has 0 saturated heterocycles. The van der Waals surface area contributed by atoms with Crippen LogP contribution in [0.3, 0.4) is 0 Å². The Kier molecular flexibility index (Phi) is 4.14. The zero-order valence-electron chi connectivity index (χ0n) is 14.1. The molecule has 2 aromatic heterocycles. The minimum absolute atomic E-state index is 0.253. The van der Waals surface area contributed by atoms with E-state index in [1.54, 1.807) is 44.2 Å². The zero-order valence-corrected chi connectivity index (χ0v) is 14.1. The van der Waals surface area contributed by atoms with Crippen LogP contribution in [0, 0.1) is 20.8 Å². The van der Waals surface area contributed by atoms with Gasteiger partial charge >= 0.3 is 5.97 Å². The quantitative estimate of drug-likeness (QED) is 0.582. The molecule has 2 heterocycles. The molecule has 128 valence electrons. The van der Waals surface area contributed by atoms with Gasteiger partial charge in [-0.25, -0.2) is 4.79 Å². The lowest BCUT2D eigenvalue weighted by Gasteiger charge is -2.07. The van der Waals surface area contributed by atoms with E-state index >= 15 is 0 Å². The number of nitrogens with two attached hydrogens (primary N) is 1. The summed E-state index contributed by atoms with van der Waals surface area (Å²) >= 11 is 0. The average Bonchev–Trinajstić information content (AvgIpc) is 3.10. The molecule has 0 bridgehead atoms. The van der Waals surface area contributed by atoms with E-state index in [0.29, 0.717) is 22.8 Å². The van der Waals surface area contributed by atoms with Crippen LogP contribution in [-0.2, 0) is 0 Å². The summed E-state index contributed by atoms with van der Waals surface area (Å²) in [5.74, 6) is 0.416. The third kappa shape index (κ3) is 3.16. The number of esters is 1. The first-order valence-corrected chi connectivity index (χ1v) is 7.61. The zero-order chi connectivity index (χ0) is 18.1. The van der Waals surface area contributed by atoms with Gasteiger partial charge in [0, 0.05) is 23.0 Å². The van der Waals surface area contributed by atoms with E-state index < -0.39 is 11.9 Å². The summed E-state index contributed by atoms with van der Waals surface area (Å²) in [6.07, 6.45) is 0. The summed E-state index contributed by atoms with van der Waals surface area (Å²) in [5, 5.41) is 3.98. The van der Waals surface area contributed by atoms with Gasteiger partial charge in [-0.15, -0.1) is 0 Å². The Morgan fingerprint density at radius 1 is 1.16 bits per heavy atom. The molecule has 1 aromatic carbocycles. The largest absolute Gasteiger partial charge is 0.423 e. The van der Waals surface area contributed by atoms with Crippen molar-refractivity contribution in [2.45, 2.75) is 20.8 Å². The van der Waals surface area contributed by atoms with Crippen LogP contribution >= 0.6 is 0 Å². The summed E-state index contributed by atoms with van der Waals surface area (Å²) in [6, 6.07) is 9.68. The van der Waals surface area contributed by atoms with E-state index in [0.717, 1.165) is 5.69 Å². The van der Waals surface area contributed by atoms with E-state index in [9.17, 15) is 9.59 Å². The van der Waals surface area contributed by atoms with Gasteiger partial charge in [0.25, 0.3) is 0 Å². The van der Waals surface area contributed by atoms with Gasteiger partial charge in [-0.2, -0.15) is 0 Å². The van der Waals surface area contributed by atoms with Gasteiger partial charge in [0.1, 0.15) is 11.5 Å². The SMILES string of the molecule is Cc1cc(-n2c(C)cc(C(=O)Oc3cccc(C(N)=O)c3)c2C)no1. The molecule has 0 aliphatic rings. The second-order valence-electron chi connectivity index (χ2n) is 5.70. The highest BCUT2D eigenvalue weighted by Crippen LogP contribution is 2.22. The molecule has 25 heavy (non-hydrogen) atoms. The van der Waals surface area contributed by atoms with Gasteiger partial charge in [-0.1, -0.05) is 11.2 Å². The molecule has 0 atom stereocenters. The van der Waals surface area contributed by atoms with Crippen LogP contribution in [0.5, 0.6) is 5.75 Å². The van der Waals surface area contributed by atoms with Gasteiger partial charge in [0.2, 0.25) is 5.91 Å². The standard InChI is InChI=1S/C18H17N3O4/c1-10-7-15(12(3)21(10)16-8-11(2)25-20-16)18(23)24-14-6-4-5-13(9-14)17(19)22/h4-9H,1-3H3,(H2,19,22). The van der Waals surface area contributed by atoms with E-state index in [1.807, 2.05) is 11.5 Å². The second-order valence-corrected chi connectivity index (χ2v) is 5.70. The highest BCUT2D eigenvalue weighted by atomic mass is 16.5. The number of hydrogen-bond acceptors (Lipinski definition) is 5. The molecular formula is C18H17N3O4. The maximum Gasteiger partial charge on any atom is 0.345 e. The number of primary amides is 1. The lowest BCUT2D eigenvalue weighted by molar-refractivity contribution is 0.0733. The molecule has 0 aliphatic carbocycles. The average molecular weight is 339 g/mol. The topological polar surface area (TPSA) is 100 Å². The Balaban J connectivity index is 1.91. The number of benzene rings is 1. The molecular weight excluding hydrogens is 322 g/mol. The molecule has 0 saturated carbocycles. The van der Waals surface area contributed by atoms with Crippen LogP contribution in [0.4, 0.5) is 0 Å². The molecule has 0 radical (unpaired) electrons. The molecule has 0 spiro atoms. The Hall–Kier alpha value is -3.35. The summed E-state index contributed by atoms with van der Waals surface area (Å²) in [5.41, 5.74) is 7.42. The van der Waals surface area contributed by atoms with Crippen molar-refractivity contribution < 1.29 is 18.8 Å². The van der Waals surface area contributed by atoms with Crippen molar-refractivity contribution in [3.63, 3.8) is 0 Å². The summed E-state index contributed by atoms with van der Waals surface area (Å²) in [7, 11) is 0. The summed E-state index contributed by atoms with van der Waals surface area (Å²) < 4.78 is 12.3. The molecule has 7 heteroatoms. The fourth-order valence-corrected chi connectivity index (χ4v) is 2.66. The van der Waals surface area contributed by atoms with Crippen LogP contribution < -0.4 is 10.5 Å². The normalized spacial score (nSPS) is 10.7. The minimum atomic E-state index is -0.586. The molecule has 2 N–H and O–H groups in total. The van der Waals surface area contributed by atoms with Crippen molar-refractivity contribution in [3.8, 4) is 11.6 Å². The molecule has 0 fully saturated rings. The monoisotopic (exact) mass is 339 g/mol. The van der Waals surface area contributed by atoms with Gasteiger partial charge in [-0.05, 0) is 45.0 Å². The highest BCUT2D eigenvalue weighted by Gasteiger charge is 2.20. The van der Waals surface area contributed by atoms with Crippen molar-refractivity contribution in [3.05, 3.63) is 64.7 Å². The van der Waals surface area contributed by atoms with Crippen LogP contribution in [-0.4, -0.2) is 21.6 Å². The first-order chi connectivity index (χ1) is 11.9. The van der Waals surface area contributed by atoms with E-state index in [2.05, 4.69) is 5.16 Å². The van der Waals surface area contributed by atoms with Gasteiger partial charge in [0.15, 0.2) is 5.82 Å². The number of aromatic nitrogens is 2. The van der Waals surface area contributed by atoms with E-state index in [4.69, 9.17) is 15.0 Å². The van der Waals surface area contributed by atoms with Crippen molar-refractivity contribution in [2.75, 3.05) is 0 Å². The van der Waals surface area contributed by atoms with E-state index in [1.165, 1.54) is 6.07 Å². The van der Waals surface area contributed by atoms with Gasteiger partial charge in [0.05, 0.1) is 5.56 Å². The molecule has 7 nitrogen and oxygen atoms in total. The maximum absolute atomic E-state index is 12.5. The summed E-state index contributed by atoms with van der Waals surface area (Å²) in [4.78, 5) is 23.8. The van der Waals surface area contributed by atoms with Crippen LogP contribution in [0.2, 0.25) is 0 Å². The fraction of sp³-hybridized carbons (Fsp3) is 0.167. The molecule has 1 amide bonds. The number of rotatable bonds is 4. The molecule has 3 aromatic rings. The number of hydrogen-bond donors (Lipinski definition) is 1. The number of aryl methyl sites for hydroxylation is 2. The maximum atomic E-state index is 12.5. The van der Waals surface area contributed by atoms with Gasteiger partial charge in [-0.3, -0.25) is 9.36 Å². The molecule has 0 aliphatic heterocycles. The number of amides is 1. The molecule has 3 rings (SSSR count). The number of nitrogens with zero attached hydrogens (tertiary/aromatic N) is 2. The van der Waals surface area contributed by atoms with Crippen LogP contribution in [0.15, 0.2) is 40.9 Å². The lowest BCUT2D eigenvalue weighted by Crippen LogP contribution is -2.13. The third-order valence-corrected chi connectivity index (χ3v) is 3.82. The predicted octanol–water partition coefficient (Wildman–Crippen LogP) is 2.71. The smallest absolute Gasteiger partial charge is 0.345 e. The van der Waals surface area contributed by atoms with Crippen LogP contribution in [0.25, 0.3) is 5.82 Å². The second kappa shape index (κ2) is 6.27. The molecule has 0 unspecified atom stereocenters. The number of carbonyl (C=O) groups is 2. The number of carbonyl (C=O) groups excluding carboxylic acids is 2. The minimum Gasteiger partial charge on any atom is -0.423 e. The Labute approximate surface area is 144 Å². The van der Waals surface area contributed by atoms with Gasteiger partial charge < -0.3 is 15.0 Å². The highest BCUT2D eigenvalue weighted by molar-refractivity contribution is 5.95. The Morgan fingerprint density at radius 3 is 2.56 bits per heavy atom. The van der Waals surface area contributed by atoms with E-state index in [-0.39, 0.29) is 11.3 Å². The van der Waals surface area contributed by atoms with Crippen molar-refractivity contribution in [1.82, 2.24) is 9.72 Å². The third-order valence-electron chi connectivity index (χ3n) is 3.82. The summed E-state index contributed by atoms with van der Waals surface area (Å²) in [6.45, 7) is 5.46. The first-order valence-electron chi connectivity index (χ1n) is 7.61. The Bertz CT molecular complexity index is 969. The van der Waals surface area contributed by atoms with Crippen molar-refractivity contribution >= 4 is 11.9 Å². The number of ether oxygens (including phenoxy) is 1. The van der Waals surface area contributed by atoms with Crippen LogP contribution in [0.1, 0.15) is 37.9 Å². The first kappa shape index (κ1) is 16.5. The Morgan fingerprint density at radius 2 is 1.92 bits per heavy atom. The predicted molar refractivity (Wildman–Crippen MR) is 90.0 cm³/mol. The fourth-order valence-electron chi connectivity index (χ4n) is 2.66. The van der Waals surface area contributed by atoms with Crippen molar-refractivity contribution in [1.29, 1.82) is 0 Å². The van der Waals surface area contributed by atoms with Crippen molar-refractivity contribution in [2.24, 2.45) is 5.73 Å². The lowest BCUT2D eigenvalue weighted by atomic mass is 10.2.